The van der Waals surface area contributed by atoms with Crippen LogP contribution in [0, 0.1) is 0 Å². The second-order valence-electron chi connectivity index (χ2n) is 4.09. The highest BCUT2D eigenvalue weighted by Gasteiger charge is 2.09. The predicted molar refractivity (Wildman–Crippen MR) is 72.4 cm³/mol. The third-order valence-corrected chi connectivity index (χ3v) is 2.79. The SMILES string of the molecule is CCNC(CO)COc1ccc(CC)cc1OC. The van der Waals surface area contributed by atoms with Crippen LogP contribution in [0.25, 0.3) is 0 Å². The average Bonchev–Trinajstić information content (AvgIpc) is 2.43. The highest BCUT2D eigenvalue weighted by atomic mass is 16.5. The molecule has 1 unspecified atom stereocenters. The highest BCUT2D eigenvalue weighted by Crippen LogP contribution is 2.28. The molecule has 1 rings (SSSR count). The number of nitrogens with one attached hydrogen (secondary N) is 1. The van der Waals surface area contributed by atoms with Crippen LogP contribution in [0.2, 0.25) is 0 Å². The first-order chi connectivity index (χ1) is 8.74. The molecule has 1 aromatic carbocycles. The summed E-state index contributed by atoms with van der Waals surface area (Å²) in [6.45, 7) is 5.39. The zero-order chi connectivity index (χ0) is 13.4. The fourth-order valence-electron chi connectivity index (χ4n) is 1.71. The summed E-state index contributed by atoms with van der Waals surface area (Å²) in [7, 11) is 1.63. The van der Waals surface area contributed by atoms with Gasteiger partial charge in [0.05, 0.1) is 19.8 Å². The van der Waals surface area contributed by atoms with Crippen LogP contribution in [0.4, 0.5) is 0 Å². The first-order valence-electron chi connectivity index (χ1n) is 6.39. The van der Waals surface area contributed by atoms with E-state index >= 15 is 0 Å². The summed E-state index contributed by atoms with van der Waals surface area (Å²) < 4.78 is 11.0. The van der Waals surface area contributed by atoms with Crippen molar-refractivity contribution in [2.24, 2.45) is 0 Å². The molecule has 0 heterocycles. The van der Waals surface area contributed by atoms with E-state index in [1.807, 2.05) is 25.1 Å². The molecule has 2 N–H and O–H groups in total. The summed E-state index contributed by atoms with van der Waals surface area (Å²) in [5.41, 5.74) is 1.21. The van der Waals surface area contributed by atoms with Gasteiger partial charge in [0.15, 0.2) is 11.5 Å². The van der Waals surface area contributed by atoms with Gasteiger partial charge < -0.3 is 19.9 Å². The molecule has 0 spiro atoms. The van der Waals surface area contributed by atoms with Crippen molar-refractivity contribution in [2.45, 2.75) is 26.3 Å². The Labute approximate surface area is 109 Å². The largest absolute Gasteiger partial charge is 0.493 e. The Morgan fingerprint density at radius 3 is 2.61 bits per heavy atom. The summed E-state index contributed by atoms with van der Waals surface area (Å²) in [4.78, 5) is 0. The molecular weight excluding hydrogens is 230 g/mol. The van der Waals surface area contributed by atoms with E-state index in [-0.39, 0.29) is 12.6 Å². The minimum absolute atomic E-state index is 0.0504. The van der Waals surface area contributed by atoms with E-state index in [4.69, 9.17) is 9.47 Å². The van der Waals surface area contributed by atoms with Gasteiger partial charge in [-0.25, -0.2) is 0 Å². The molecular formula is C14H23NO3. The van der Waals surface area contributed by atoms with Crippen molar-refractivity contribution < 1.29 is 14.6 Å². The smallest absolute Gasteiger partial charge is 0.161 e. The van der Waals surface area contributed by atoms with Crippen molar-refractivity contribution in [3.63, 3.8) is 0 Å². The lowest BCUT2D eigenvalue weighted by Gasteiger charge is -2.17. The predicted octanol–water partition coefficient (Wildman–Crippen LogP) is 1.61. The van der Waals surface area contributed by atoms with Crippen LogP contribution in [-0.2, 0) is 6.42 Å². The van der Waals surface area contributed by atoms with E-state index in [0.29, 0.717) is 12.4 Å². The number of hydrogen-bond donors (Lipinski definition) is 2. The zero-order valence-electron chi connectivity index (χ0n) is 11.4. The van der Waals surface area contributed by atoms with E-state index in [1.165, 1.54) is 5.56 Å². The number of aryl methyl sites for hydroxylation is 1. The summed E-state index contributed by atoms with van der Waals surface area (Å²) in [5.74, 6) is 1.45. The Morgan fingerprint density at radius 2 is 2.06 bits per heavy atom. The summed E-state index contributed by atoms with van der Waals surface area (Å²) in [6.07, 6.45) is 0.966. The summed E-state index contributed by atoms with van der Waals surface area (Å²) >= 11 is 0. The van der Waals surface area contributed by atoms with Crippen LogP contribution in [0.5, 0.6) is 11.5 Å². The lowest BCUT2D eigenvalue weighted by atomic mass is 10.1. The molecule has 0 radical (unpaired) electrons. The second-order valence-corrected chi connectivity index (χ2v) is 4.09. The third-order valence-electron chi connectivity index (χ3n) is 2.79. The molecule has 0 aliphatic heterocycles. The van der Waals surface area contributed by atoms with Crippen LogP contribution < -0.4 is 14.8 Å². The fraction of sp³-hybridized carbons (Fsp3) is 0.571. The second kappa shape index (κ2) is 7.95. The number of aliphatic hydroxyl groups excluding tert-OH is 1. The molecule has 0 aliphatic carbocycles. The molecule has 0 bridgehead atoms. The van der Waals surface area contributed by atoms with Gasteiger partial charge in [-0.2, -0.15) is 0 Å². The van der Waals surface area contributed by atoms with Crippen LogP contribution in [0.15, 0.2) is 18.2 Å². The van der Waals surface area contributed by atoms with Gasteiger partial charge in [0.2, 0.25) is 0 Å². The number of likely N-dealkylation sites (N-methyl/N-ethyl adjacent to an activating group) is 1. The minimum atomic E-state index is -0.0504. The van der Waals surface area contributed by atoms with Gasteiger partial charge in [0.25, 0.3) is 0 Å². The van der Waals surface area contributed by atoms with Gasteiger partial charge in [-0.1, -0.05) is 19.9 Å². The van der Waals surface area contributed by atoms with Crippen LogP contribution in [0.3, 0.4) is 0 Å². The minimum Gasteiger partial charge on any atom is -0.493 e. The molecule has 0 aliphatic rings. The van der Waals surface area contributed by atoms with E-state index in [1.54, 1.807) is 7.11 Å². The molecule has 1 atom stereocenters. The maximum Gasteiger partial charge on any atom is 0.161 e. The lowest BCUT2D eigenvalue weighted by molar-refractivity contribution is 0.181. The number of methoxy groups -OCH3 is 1. The Kier molecular flexibility index (Phi) is 6.54. The number of ether oxygens (including phenoxy) is 2. The van der Waals surface area contributed by atoms with Gasteiger partial charge in [0, 0.05) is 0 Å². The first-order valence-corrected chi connectivity index (χ1v) is 6.39. The Morgan fingerprint density at radius 1 is 1.28 bits per heavy atom. The zero-order valence-corrected chi connectivity index (χ0v) is 11.4. The molecule has 0 aromatic heterocycles. The molecule has 4 nitrogen and oxygen atoms in total. The van der Waals surface area contributed by atoms with E-state index in [2.05, 4.69) is 12.2 Å². The lowest BCUT2D eigenvalue weighted by Crippen LogP contribution is -2.37. The van der Waals surface area contributed by atoms with Crippen molar-refractivity contribution in [1.82, 2.24) is 5.32 Å². The number of rotatable bonds is 8. The van der Waals surface area contributed by atoms with E-state index in [0.717, 1.165) is 18.7 Å². The third kappa shape index (κ3) is 4.20. The Bertz CT molecular complexity index is 355. The average molecular weight is 253 g/mol. The fourth-order valence-corrected chi connectivity index (χ4v) is 1.71. The highest BCUT2D eigenvalue weighted by molar-refractivity contribution is 5.42. The van der Waals surface area contributed by atoms with Gasteiger partial charge in [-0.05, 0) is 30.7 Å². The number of hydrogen-bond acceptors (Lipinski definition) is 4. The maximum absolute atomic E-state index is 9.17. The summed E-state index contributed by atoms with van der Waals surface area (Å²) in [5, 5.41) is 12.3. The number of benzene rings is 1. The molecule has 1 aromatic rings. The molecule has 0 amide bonds. The van der Waals surface area contributed by atoms with Crippen LogP contribution in [-0.4, -0.2) is 38.0 Å². The van der Waals surface area contributed by atoms with Crippen molar-refractivity contribution in [3.05, 3.63) is 23.8 Å². The van der Waals surface area contributed by atoms with E-state index in [9.17, 15) is 5.11 Å². The van der Waals surface area contributed by atoms with Crippen LogP contribution in [0.1, 0.15) is 19.4 Å². The molecule has 0 fully saturated rings. The van der Waals surface area contributed by atoms with Crippen molar-refractivity contribution in [1.29, 1.82) is 0 Å². The Hall–Kier alpha value is -1.26. The Balaban J connectivity index is 2.65. The monoisotopic (exact) mass is 253 g/mol. The van der Waals surface area contributed by atoms with Crippen LogP contribution >= 0.6 is 0 Å². The van der Waals surface area contributed by atoms with Gasteiger partial charge in [-0.15, -0.1) is 0 Å². The van der Waals surface area contributed by atoms with Gasteiger partial charge in [-0.3, -0.25) is 0 Å². The molecule has 18 heavy (non-hydrogen) atoms. The van der Waals surface area contributed by atoms with Gasteiger partial charge in [0.1, 0.15) is 6.61 Å². The normalized spacial score (nSPS) is 12.2. The first kappa shape index (κ1) is 14.8. The molecule has 102 valence electrons. The van der Waals surface area contributed by atoms with E-state index < -0.39 is 0 Å². The topological polar surface area (TPSA) is 50.7 Å². The molecule has 0 saturated heterocycles. The number of aliphatic hydroxyl groups is 1. The molecule has 0 saturated carbocycles. The standard InChI is InChI=1S/C14H23NO3/c1-4-11-6-7-13(14(8-11)17-3)18-10-12(9-16)15-5-2/h6-8,12,15-16H,4-5,9-10H2,1-3H3. The van der Waals surface area contributed by atoms with Gasteiger partial charge >= 0.3 is 0 Å². The van der Waals surface area contributed by atoms with Crippen molar-refractivity contribution >= 4 is 0 Å². The summed E-state index contributed by atoms with van der Waals surface area (Å²) in [6, 6.07) is 5.87. The quantitative estimate of drug-likeness (QED) is 0.739. The van der Waals surface area contributed by atoms with Crippen molar-refractivity contribution in [2.75, 3.05) is 26.9 Å². The van der Waals surface area contributed by atoms with Crippen molar-refractivity contribution in [3.8, 4) is 11.5 Å². The molecule has 4 heteroatoms. The maximum atomic E-state index is 9.17.